The third kappa shape index (κ3) is 2.84. The van der Waals surface area contributed by atoms with Crippen LogP contribution in [0.2, 0.25) is 0 Å². The van der Waals surface area contributed by atoms with Gasteiger partial charge in [-0.2, -0.15) is 0 Å². The SMILES string of the molecule is CCCNC(c1ccncc1C)C1CCc2cccnc21. The highest BCUT2D eigenvalue weighted by Crippen LogP contribution is 2.41. The summed E-state index contributed by atoms with van der Waals surface area (Å²) in [6.07, 6.45) is 9.25. The van der Waals surface area contributed by atoms with Crippen LogP contribution in [0.3, 0.4) is 0 Å². The third-order valence-electron chi connectivity index (χ3n) is 4.42. The van der Waals surface area contributed by atoms with E-state index >= 15 is 0 Å². The van der Waals surface area contributed by atoms with E-state index in [2.05, 4.69) is 41.3 Å². The molecule has 0 aromatic carbocycles. The second-order valence-electron chi connectivity index (χ2n) is 5.86. The van der Waals surface area contributed by atoms with Crippen molar-refractivity contribution in [3.63, 3.8) is 0 Å². The number of pyridine rings is 2. The predicted molar refractivity (Wildman–Crippen MR) is 85.3 cm³/mol. The Morgan fingerprint density at radius 3 is 3.05 bits per heavy atom. The number of nitrogens with one attached hydrogen (secondary N) is 1. The molecule has 1 N–H and O–H groups in total. The summed E-state index contributed by atoms with van der Waals surface area (Å²) in [5, 5.41) is 3.74. The van der Waals surface area contributed by atoms with Gasteiger partial charge in [-0.05, 0) is 61.6 Å². The number of fused-ring (bicyclic) bond motifs is 1. The van der Waals surface area contributed by atoms with Gasteiger partial charge < -0.3 is 5.32 Å². The van der Waals surface area contributed by atoms with Crippen molar-refractivity contribution in [3.05, 3.63) is 59.2 Å². The highest BCUT2D eigenvalue weighted by atomic mass is 14.9. The van der Waals surface area contributed by atoms with E-state index in [1.165, 1.54) is 28.8 Å². The molecule has 3 heteroatoms. The van der Waals surface area contributed by atoms with E-state index < -0.39 is 0 Å². The first-order valence-corrected chi connectivity index (χ1v) is 7.89. The van der Waals surface area contributed by atoms with E-state index in [9.17, 15) is 0 Å². The van der Waals surface area contributed by atoms with Crippen LogP contribution in [0.5, 0.6) is 0 Å². The van der Waals surface area contributed by atoms with Crippen molar-refractivity contribution in [3.8, 4) is 0 Å². The summed E-state index contributed by atoms with van der Waals surface area (Å²) in [5.74, 6) is 0.467. The number of rotatable bonds is 5. The van der Waals surface area contributed by atoms with Gasteiger partial charge in [-0.1, -0.05) is 13.0 Å². The zero-order valence-electron chi connectivity index (χ0n) is 12.8. The molecule has 0 fully saturated rings. The minimum Gasteiger partial charge on any atom is -0.309 e. The van der Waals surface area contributed by atoms with Crippen LogP contribution in [0.25, 0.3) is 0 Å². The molecule has 0 aliphatic heterocycles. The Hall–Kier alpha value is -1.74. The van der Waals surface area contributed by atoms with Crippen molar-refractivity contribution in [2.24, 2.45) is 0 Å². The summed E-state index contributed by atoms with van der Waals surface area (Å²) in [7, 11) is 0. The first-order valence-electron chi connectivity index (χ1n) is 7.89. The fourth-order valence-electron chi connectivity index (χ4n) is 3.37. The van der Waals surface area contributed by atoms with Crippen molar-refractivity contribution in [2.75, 3.05) is 6.54 Å². The lowest BCUT2D eigenvalue weighted by molar-refractivity contribution is 0.435. The smallest absolute Gasteiger partial charge is 0.0485 e. The van der Waals surface area contributed by atoms with E-state index in [4.69, 9.17) is 0 Å². The molecule has 0 saturated heterocycles. The monoisotopic (exact) mass is 281 g/mol. The molecule has 3 rings (SSSR count). The van der Waals surface area contributed by atoms with Crippen LogP contribution < -0.4 is 5.32 Å². The normalized spacial score (nSPS) is 18.5. The van der Waals surface area contributed by atoms with Crippen LogP contribution >= 0.6 is 0 Å². The summed E-state index contributed by atoms with van der Waals surface area (Å²) in [5.41, 5.74) is 5.32. The predicted octanol–water partition coefficient (Wildman–Crippen LogP) is 3.56. The van der Waals surface area contributed by atoms with Crippen LogP contribution in [-0.2, 0) is 6.42 Å². The van der Waals surface area contributed by atoms with Crippen LogP contribution in [0, 0.1) is 6.92 Å². The maximum atomic E-state index is 4.67. The summed E-state index contributed by atoms with van der Waals surface area (Å²) in [4.78, 5) is 8.90. The summed E-state index contributed by atoms with van der Waals surface area (Å²) in [6, 6.07) is 6.76. The van der Waals surface area contributed by atoms with Crippen molar-refractivity contribution in [1.82, 2.24) is 15.3 Å². The fraction of sp³-hybridized carbons (Fsp3) is 0.444. The molecule has 0 amide bonds. The van der Waals surface area contributed by atoms with Gasteiger partial charge in [0.1, 0.15) is 0 Å². The van der Waals surface area contributed by atoms with Gasteiger partial charge in [-0.15, -0.1) is 0 Å². The Morgan fingerprint density at radius 1 is 1.33 bits per heavy atom. The van der Waals surface area contributed by atoms with Gasteiger partial charge >= 0.3 is 0 Å². The second-order valence-corrected chi connectivity index (χ2v) is 5.86. The highest BCUT2D eigenvalue weighted by Gasteiger charge is 2.32. The standard InChI is InChI=1S/C18H23N3/c1-3-9-20-18(15-8-11-19-12-13(15)2)16-7-6-14-5-4-10-21-17(14)16/h4-5,8,10-12,16,18,20H,3,6-7,9H2,1-2H3. The van der Waals surface area contributed by atoms with E-state index in [0.29, 0.717) is 12.0 Å². The van der Waals surface area contributed by atoms with E-state index in [0.717, 1.165) is 19.4 Å². The molecular weight excluding hydrogens is 258 g/mol. The lowest BCUT2D eigenvalue weighted by Crippen LogP contribution is -2.28. The Bertz CT molecular complexity index is 609. The van der Waals surface area contributed by atoms with E-state index in [1.54, 1.807) is 0 Å². The maximum Gasteiger partial charge on any atom is 0.0485 e. The first-order chi connectivity index (χ1) is 10.3. The molecule has 0 bridgehead atoms. The minimum atomic E-state index is 0.337. The van der Waals surface area contributed by atoms with Gasteiger partial charge in [0.05, 0.1) is 0 Å². The number of nitrogens with zero attached hydrogens (tertiary/aromatic N) is 2. The van der Waals surface area contributed by atoms with Gasteiger partial charge in [0, 0.05) is 36.2 Å². The molecular formula is C18H23N3. The molecule has 2 aromatic heterocycles. The van der Waals surface area contributed by atoms with Crippen molar-refractivity contribution >= 4 is 0 Å². The second kappa shape index (κ2) is 6.35. The van der Waals surface area contributed by atoms with Gasteiger partial charge in [0.15, 0.2) is 0 Å². The summed E-state index contributed by atoms with van der Waals surface area (Å²) >= 11 is 0. The Kier molecular flexibility index (Phi) is 4.30. The van der Waals surface area contributed by atoms with Gasteiger partial charge in [-0.25, -0.2) is 0 Å². The Morgan fingerprint density at radius 2 is 2.24 bits per heavy atom. The first kappa shape index (κ1) is 14.2. The fourth-order valence-corrected chi connectivity index (χ4v) is 3.37. The minimum absolute atomic E-state index is 0.337. The molecule has 1 aliphatic rings. The van der Waals surface area contributed by atoms with E-state index in [1.807, 2.05) is 24.7 Å². The molecule has 2 aromatic rings. The average Bonchev–Trinajstić information content (AvgIpc) is 2.93. The number of aryl methyl sites for hydroxylation is 2. The topological polar surface area (TPSA) is 37.8 Å². The molecule has 2 heterocycles. The maximum absolute atomic E-state index is 4.67. The number of hydrogen-bond acceptors (Lipinski definition) is 3. The molecule has 110 valence electrons. The zero-order valence-corrected chi connectivity index (χ0v) is 12.8. The lowest BCUT2D eigenvalue weighted by atomic mass is 9.89. The molecule has 21 heavy (non-hydrogen) atoms. The quantitative estimate of drug-likeness (QED) is 0.910. The van der Waals surface area contributed by atoms with Crippen LogP contribution in [0.1, 0.15) is 54.1 Å². The average molecular weight is 281 g/mol. The Labute approximate surface area is 126 Å². The van der Waals surface area contributed by atoms with E-state index in [-0.39, 0.29) is 0 Å². The summed E-state index contributed by atoms with van der Waals surface area (Å²) < 4.78 is 0. The molecule has 3 nitrogen and oxygen atoms in total. The molecule has 0 spiro atoms. The van der Waals surface area contributed by atoms with Crippen molar-refractivity contribution in [1.29, 1.82) is 0 Å². The van der Waals surface area contributed by atoms with Crippen molar-refractivity contribution in [2.45, 2.75) is 45.1 Å². The van der Waals surface area contributed by atoms with Gasteiger partial charge in [0.2, 0.25) is 0 Å². The van der Waals surface area contributed by atoms with Crippen LogP contribution in [0.4, 0.5) is 0 Å². The number of hydrogen-bond donors (Lipinski definition) is 1. The van der Waals surface area contributed by atoms with Crippen molar-refractivity contribution < 1.29 is 0 Å². The molecule has 1 aliphatic carbocycles. The largest absolute Gasteiger partial charge is 0.309 e. The highest BCUT2D eigenvalue weighted by molar-refractivity contribution is 5.35. The molecule has 2 unspecified atom stereocenters. The summed E-state index contributed by atoms with van der Waals surface area (Å²) in [6.45, 7) is 5.40. The Balaban J connectivity index is 1.96. The molecule has 0 saturated carbocycles. The van der Waals surface area contributed by atoms with Gasteiger partial charge in [-0.3, -0.25) is 9.97 Å². The number of aromatic nitrogens is 2. The molecule has 0 radical (unpaired) electrons. The van der Waals surface area contributed by atoms with Crippen LogP contribution in [0.15, 0.2) is 36.8 Å². The van der Waals surface area contributed by atoms with Crippen LogP contribution in [-0.4, -0.2) is 16.5 Å². The third-order valence-corrected chi connectivity index (χ3v) is 4.42. The lowest BCUT2D eigenvalue weighted by Gasteiger charge is -2.26. The molecule has 2 atom stereocenters. The zero-order chi connectivity index (χ0) is 14.7. The van der Waals surface area contributed by atoms with Gasteiger partial charge in [0.25, 0.3) is 0 Å².